The van der Waals surface area contributed by atoms with Gasteiger partial charge >= 0.3 is 0 Å². The molecule has 2 heterocycles. The Morgan fingerprint density at radius 2 is 1.56 bits per heavy atom. The maximum Gasteiger partial charge on any atom is 0.146 e. The molecule has 5 aromatic rings. The first-order chi connectivity index (χ1) is 19.1. The van der Waals surface area contributed by atoms with Crippen LogP contribution in [-0.4, -0.2) is 23.1 Å². The van der Waals surface area contributed by atoms with Crippen molar-refractivity contribution in [1.29, 1.82) is 0 Å². The summed E-state index contributed by atoms with van der Waals surface area (Å²) in [5, 5.41) is 1.16. The average molecular weight is 506 g/mol. The van der Waals surface area contributed by atoms with Crippen molar-refractivity contribution in [3.05, 3.63) is 143 Å². The minimum atomic E-state index is -0.128. The summed E-state index contributed by atoms with van der Waals surface area (Å²) in [6, 6.07) is 36.2. The molecule has 1 aliphatic rings. The van der Waals surface area contributed by atoms with Crippen LogP contribution in [0.15, 0.2) is 125 Å². The molecule has 0 radical (unpaired) electrons. The maximum atomic E-state index is 5.07. The Morgan fingerprint density at radius 1 is 0.821 bits per heavy atom. The SMILES string of the molecule is CC(/C=C(/c1ccc(-c2ccnc3ccccc23)cc1)c1ccccc1C)=N\C1N=Cc2ccccc2C1C. The molecule has 2 unspecified atom stereocenters. The van der Waals surface area contributed by atoms with Gasteiger partial charge in [-0.3, -0.25) is 15.0 Å². The number of hydrogen-bond donors (Lipinski definition) is 0. The predicted molar refractivity (Wildman–Crippen MR) is 165 cm³/mol. The van der Waals surface area contributed by atoms with Gasteiger partial charge in [-0.25, -0.2) is 0 Å². The first-order valence-electron chi connectivity index (χ1n) is 13.5. The van der Waals surface area contributed by atoms with Crippen LogP contribution >= 0.6 is 0 Å². The molecule has 0 fully saturated rings. The lowest BCUT2D eigenvalue weighted by molar-refractivity contribution is 0.587. The van der Waals surface area contributed by atoms with E-state index in [-0.39, 0.29) is 12.1 Å². The zero-order valence-corrected chi connectivity index (χ0v) is 22.5. The van der Waals surface area contributed by atoms with E-state index >= 15 is 0 Å². The highest BCUT2D eigenvalue weighted by Crippen LogP contribution is 2.32. The minimum absolute atomic E-state index is 0.128. The molecule has 0 aliphatic carbocycles. The number of aliphatic imine (C=N–C) groups is 2. The van der Waals surface area contributed by atoms with Crippen LogP contribution in [0.5, 0.6) is 0 Å². The molecule has 39 heavy (non-hydrogen) atoms. The summed E-state index contributed by atoms with van der Waals surface area (Å²) in [5.41, 5.74) is 11.6. The fraction of sp³-hybridized carbons (Fsp3) is 0.139. The van der Waals surface area contributed by atoms with Gasteiger partial charge in [0.15, 0.2) is 0 Å². The maximum absolute atomic E-state index is 5.07. The Kier molecular flexibility index (Phi) is 6.73. The molecule has 4 aromatic carbocycles. The van der Waals surface area contributed by atoms with Gasteiger partial charge in [-0.15, -0.1) is 0 Å². The quantitative estimate of drug-likeness (QED) is 0.220. The fourth-order valence-corrected chi connectivity index (χ4v) is 5.46. The number of aromatic nitrogens is 1. The molecule has 0 saturated carbocycles. The van der Waals surface area contributed by atoms with E-state index in [9.17, 15) is 0 Å². The number of allylic oxidation sites excluding steroid dienone is 1. The number of rotatable bonds is 5. The van der Waals surface area contributed by atoms with Crippen LogP contribution in [-0.2, 0) is 0 Å². The van der Waals surface area contributed by atoms with Crippen LogP contribution in [0.2, 0.25) is 0 Å². The number of nitrogens with zero attached hydrogens (tertiary/aromatic N) is 3. The summed E-state index contributed by atoms with van der Waals surface area (Å²) in [5.74, 6) is 0.228. The van der Waals surface area contributed by atoms with Crippen LogP contribution in [0.3, 0.4) is 0 Å². The molecular weight excluding hydrogens is 474 g/mol. The van der Waals surface area contributed by atoms with Crippen molar-refractivity contribution >= 4 is 28.4 Å². The zero-order valence-electron chi connectivity index (χ0n) is 22.5. The number of benzene rings is 4. The minimum Gasteiger partial charge on any atom is -0.265 e. The van der Waals surface area contributed by atoms with Crippen LogP contribution in [0.4, 0.5) is 0 Å². The summed E-state index contributed by atoms with van der Waals surface area (Å²) < 4.78 is 0. The average Bonchev–Trinajstić information content (AvgIpc) is 2.98. The number of pyridine rings is 1. The topological polar surface area (TPSA) is 37.6 Å². The first-order valence-corrected chi connectivity index (χ1v) is 13.5. The van der Waals surface area contributed by atoms with Crippen LogP contribution in [0.25, 0.3) is 27.6 Å². The molecule has 1 aliphatic heterocycles. The number of para-hydroxylation sites is 1. The predicted octanol–water partition coefficient (Wildman–Crippen LogP) is 8.67. The Labute approximate surface area is 230 Å². The van der Waals surface area contributed by atoms with Gasteiger partial charge in [-0.2, -0.15) is 0 Å². The van der Waals surface area contributed by atoms with Gasteiger partial charge in [-0.05, 0) is 76.6 Å². The summed E-state index contributed by atoms with van der Waals surface area (Å²) in [4.78, 5) is 14.4. The van der Waals surface area contributed by atoms with E-state index in [1.54, 1.807) is 0 Å². The van der Waals surface area contributed by atoms with E-state index < -0.39 is 0 Å². The molecule has 3 nitrogen and oxygen atoms in total. The third-order valence-electron chi connectivity index (χ3n) is 7.58. The second-order valence-electron chi connectivity index (χ2n) is 10.2. The Balaban J connectivity index is 1.38. The van der Waals surface area contributed by atoms with Crippen molar-refractivity contribution in [1.82, 2.24) is 4.98 Å². The molecule has 0 amide bonds. The molecule has 0 saturated heterocycles. The number of fused-ring (bicyclic) bond motifs is 2. The van der Waals surface area contributed by atoms with Crippen molar-refractivity contribution in [2.45, 2.75) is 32.9 Å². The van der Waals surface area contributed by atoms with E-state index in [2.05, 4.69) is 129 Å². The first kappa shape index (κ1) is 24.7. The lowest BCUT2D eigenvalue weighted by Crippen LogP contribution is -2.19. The van der Waals surface area contributed by atoms with Crippen molar-refractivity contribution < 1.29 is 0 Å². The molecule has 190 valence electrons. The van der Waals surface area contributed by atoms with Crippen LogP contribution in [0, 0.1) is 6.92 Å². The van der Waals surface area contributed by atoms with Crippen LogP contribution in [0.1, 0.15) is 47.6 Å². The Morgan fingerprint density at radius 3 is 2.41 bits per heavy atom. The summed E-state index contributed by atoms with van der Waals surface area (Å²) in [6.45, 7) is 6.46. The van der Waals surface area contributed by atoms with E-state index in [0.29, 0.717) is 0 Å². The summed E-state index contributed by atoms with van der Waals surface area (Å²) in [7, 11) is 0. The zero-order chi connectivity index (χ0) is 26.8. The van der Waals surface area contributed by atoms with E-state index in [0.717, 1.165) is 27.8 Å². The van der Waals surface area contributed by atoms with Gasteiger partial charge in [0, 0.05) is 29.4 Å². The molecule has 6 rings (SSSR count). The molecule has 0 spiro atoms. The van der Waals surface area contributed by atoms with Crippen molar-refractivity contribution in [2.75, 3.05) is 0 Å². The third-order valence-corrected chi connectivity index (χ3v) is 7.58. The number of aryl methyl sites for hydroxylation is 1. The second kappa shape index (κ2) is 10.6. The summed E-state index contributed by atoms with van der Waals surface area (Å²) >= 11 is 0. The molecule has 0 N–H and O–H groups in total. The lowest BCUT2D eigenvalue weighted by Gasteiger charge is -2.23. The molecule has 1 aromatic heterocycles. The van der Waals surface area contributed by atoms with Crippen molar-refractivity contribution in [3.8, 4) is 11.1 Å². The third kappa shape index (κ3) is 4.96. The highest BCUT2D eigenvalue weighted by Gasteiger charge is 2.22. The lowest BCUT2D eigenvalue weighted by atomic mass is 9.91. The Hall–Kier alpha value is -4.63. The molecule has 3 heteroatoms. The largest absolute Gasteiger partial charge is 0.265 e. The highest BCUT2D eigenvalue weighted by molar-refractivity contribution is 6.03. The van der Waals surface area contributed by atoms with E-state index in [1.165, 1.54) is 33.4 Å². The highest BCUT2D eigenvalue weighted by atomic mass is 15.0. The van der Waals surface area contributed by atoms with Gasteiger partial charge in [0.25, 0.3) is 0 Å². The second-order valence-corrected chi connectivity index (χ2v) is 10.2. The van der Waals surface area contributed by atoms with Gasteiger partial charge in [0.05, 0.1) is 5.52 Å². The standard InChI is InChI=1S/C36H31N3/c1-24-10-4-6-12-30(24)34(22-25(2)39-36-26(3)31-13-7-5-11-29(31)23-38-36)28-18-16-27(17-19-28)32-20-21-37-35-15-9-8-14-33(32)35/h4-23,26,36H,1-3H3/b34-22-,39-25+. The smallest absolute Gasteiger partial charge is 0.146 e. The normalized spacial score (nSPS) is 17.3. The number of hydrogen-bond acceptors (Lipinski definition) is 3. The van der Waals surface area contributed by atoms with Crippen molar-refractivity contribution in [3.63, 3.8) is 0 Å². The molecular formula is C36H31N3. The van der Waals surface area contributed by atoms with Gasteiger partial charge < -0.3 is 0 Å². The van der Waals surface area contributed by atoms with E-state index in [1.807, 2.05) is 18.5 Å². The van der Waals surface area contributed by atoms with Gasteiger partial charge in [-0.1, -0.05) is 97.9 Å². The van der Waals surface area contributed by atoms with Gasteiger partial charge in [0.2, 0.25) is 0 Å². The van der Waals surface area contributed by atoms with Gasteiger partial charge in [0.1, 0.15) is 6.17 Å². The van der Waals surface area contributed by atoms with Crippen molar-refractivity contribution in [2.24, 2.45) is 9.98 Å². The molecule has 2 atom stereocenters. The fourth-order valence-electron chi connectivity index (χ4n) is 5.46. The van der Waals surface area contributed by atoms with E-state index in [4.69, 9.17) is 9.98 Å². The monoisotopic (exact) mass is 505 g/mol. The van der Waals surface area contributed by atoms with Crippen LogP contribution < -0.4 is 0 Å². The Bertz CT molecular complexity index is 1740. The molecule has 0 bridgehead atoms. The summed E-state index contributed by atoms with van der Waals surface area (Å²) in [6.07, 6.45) is 5.93.